The Labute approximate surface area is 108 Å². The number of Topliss-reactive ketones (excluding diaryl/α,β-unsaturated/α-hetero) is 1. The van der Waals surface area contributed by atoms with Crippen LogP contribution in [-0.2, 0) is 6.42 Å². The Bertz CT molecular complexity index is 676. The Morgan fingerprint density at radius 1 is 1.26 bits per heavy atom. The minimum Gasteiger partial charge on any atom is -0.294 e. The molecule has 0 fully saturated rings. The van der Waals surface area contributed by atoms with Crippen LogP contribution in [0.25, 0.3) is 5.69 Å². The molecule has 1 aliphatic rings. The molecule has 0 aliphatic heterocycles. The predicted octanol–water partition coefficient (Wildman–Crippen LogP) is 2.98. The number of benzene rings is 1. The Hall–Kier alpha value is -2.04. The molecule has 3 rings (SSSR count). The molecular weight excluding hydrogens is 250 g/mol. The number of nitrogens with zero attached hydrogens (tertiary/aromatic N) is 2. The number of carbonyl (C=O) groups is 1. The smallest absolute Gasteiger partial charge is 0.166 e. The van der Waals surface area contributed by atoms with Crippen LogP contribution in [0.2, 0.25) is 0 Å². The molecule has 1 heterocycles. The molecule has 0 N–H and O–H groups in total. The average Bonchev–Trinajstić information content (AvgIpc) is 2.71. The molecule has 0 spiro atoms. The van der Waals surface area contributed by atoms with Gasteiger partial charge in [-0.2, -0.15) is 5.10 Å². The van der Waals surface area contributed by atoms with Crippen LogP contribution in [0.4, 0.5) is 8.78 Å². The van der Waals surface area contributed by atoms with E-state index in [4.69, 9.17) is 0 Å². The number of rotatable bonds is 1. The summed E-state index contributed by atoms with van der Waals surface area (Å²) in [4.78, 5) is 11.9. The van der Waals surface area contributed by atoms with E-state index in [0.29, 0.717) is 36.2 Å². The zero-order valence-electron chi connectivity index (χ0n) is 10.4. The van der Waals surface area contributed by atoms with Crippen molar-refractivity contribution in [3.63, 3.8) is 0 Å². The number of hydrogen-bond donors (Lipinski definition) is 0. The first-order valence-electron chi connectivity index (χ1n) is 6.15. The minimum atomic E-state index is -0.551. The third kappa shape index (κ3) is 1.85. The highest BCUT2D eigenvalue weighted by Gasteiger charge is 2.26. The van der Waals surface area contributed by atoms with Crippen molar-refractivity contribution in [3.05, 3.63) is 46.8 Å². The molecule has 0 unspecified atom stereocenters. The van der Waals surface area contributed by atoms with Crippen LogP contribution < -0.4 is 0 Å². The fourth-order valence-electron chi connectivity index (χ4n) is 2.56. The van der Waals surface area contributed by atoms with Crippen molar-refractivity contribution in [2.45, 2.75) is 26.2 Å². The maximum atomic E-state index is 13.8. The van der Waals surface area contributed by atoms with Gasteiger partial charge in [0.05, 0.1) is 17.0 Å². The molecule has 0 amide bonds. The summed E-state index contributed by atoms with van der Waals surface area (Å²) in [5, 5.41) is 4.20. The fraction of sp³-hybridized carbons (Fsp3) is 0.286. The van der Waals surface area contributed by atoms with E-state index in [1.165, 1.54) is 4.68 Å². The molecule has 0 atom stereocenters. The van der Waals surface area contributed by atoms with Gasteiger partial charge in [-0.15, -0.1) is 0 Å². The average molecular weight is 262 g/mol. The van der Waals surface area contributed by atoms with Gasteiger partial charge in [-0.25, -0.2) is 13.5 Å². The fourth-order valence-corrected chi connectivity index (χ4v) is 2.56. The number of halogens is 2. The van der Waals surface area contributed by atoms with E-state index < -0.39 is 11.6 Å². The summed E-state index contributed by atoms with van der Waals surface area (Å²) in [6, 6.07) is 3.23. The number of ketones is 1. The van der Waals surface area contributed by atoms with E-state index >= 15 is 0 Å². The van der Waals surface area contributed by atoms with Gasteiger partial charge in [-0.1, -0.05) is 0 Å². The van der Waals surface area contributed by atoms with Gasteiger partial charge in [-0.05, 0) is 31.9 Å². The summed E-state index contributed by atoms with van der Waals surface area (Å²) < 4.78 is 28.5. The van der Waals surface area contributed by atoms with E-state index in [1.807, 2.05) is 0 Å². The predicted molar refractivity (Wildman–Crippen MR) is 65.5 cm³/mol. The first-order valence-corrected chi connectivity index (χ1v) is 6.15. The lowest BCUT2D eigenvalue weighted by atomic mass is 9.94. The topological polar surface area (TPSA) is 34.9 Å². The normalized spacial score (nSPS) is 14.6. The summed E-state index contributed by atoms with van der Waals surface area (Å²) in [7, 11) is 0. The molecular formula is C14H12F2N2O. The van der Waals surface area contributed by atoms with Crippen molar-refractivity contribution in [1.29, 1.82) is 0 Å². The van der Waals surface area contributed by atoms with Crippen molar-refractivity contribution < 1.29 is 13.6 Å². The number of aromatic nitrogens is 2. The van der Waals surface area contributed by atoms with Gasteiger partial charge < -0.3 is 0 Å². The molecule has 1 aromatic heterocycles. The van der Waals surface area contributed by atoms with E-state index in [0.717, 1.165) is 18.2 Å². The molecule has 0 bridgehead atoms. The summed E-state index contributed by atoms with van der Waals surface area (Å²) in [6.07, 6.45) is 1.86. The van der Waals surface area contributed by atoms with Crippen LogP contribution in [0.3, 0.4) is 0 Å². The van der Waals surface area contributed by atoms with Gasteiger partial charge in [0.1, 0.15) is 17.3 Å². The van der Waals surface area contributed by atoms with Gasteiger partial charge in [-0.3, -0.25) is 4.79 Å². The minimum absolute atomic E-state index is 0.0295. The van der Waals surface area contributed by atoms with Crippen LogP contribution in [0.5, 0.6) is 0 Å². The molecule has 0 saturated carbocycles. The molecule has 0 saturated heterocycles. The third-order valence-corrected chi connectivity index (χ3v) is 3.39. The largest absolute Gasteiger partial charge is 0.294 e. The summed E-state index contributed by atoms with van der Waals surface area (Å²) in [6.45, 7) is 1.72. The van der Waals surface area contributed by atoms with Gasteiger partial charge in [0.25, 0.3) is 0 Å². The first kappa shape index (κ1) is 12.0. The van der Waals surface area contributed by atoms with E-state index in [2.05, 4.69) is 5.10 Å². The van der Waals surface area contributed by atoms with Gasteiger partial charge in [0, 0.05) is 12.5 Å². The summed E-state index contributed by atoms with van der Waals surface area (Å²) in [5.41, 5.74) is 1.87. The molecule has 0 radical (unpaired) electrons. The van der Waals surface area contributed by atoms with Crippen LogP contribution in [0.1, 0.15) is 34.6 Å². The van der Waals surface area contributed by atoms with Gasteiger partial charge in [0.2, 0.25) is 0 Å². The van der Waals surface area contributed by atoms with Crippen molar-refractivity contribution in [1.82, 2.24) is 9.78 Å². The maximum Gasteiger partial charge on any atom is 0.166 e. The van der Waals surface area contributed by atoms with Crippen LogP contribution in [0, 0.1) is 18.6 Å². The maximum absolute atomic E-state index is 13.8. The zero-order chi connectivity index (χ0) is 13.6. The van der Waals surface area contributed by atoms with Crippen LogP contribution in [-0.4, -0.2) is 15.6 Å². The second-order valence-electron chi connectivity index (χ2n) is 4.69. The Morgan fingerprint density at radius 2 is 2.05 bits per heavy atom. The van der Waals surface area contributed by atoms with Gasteiger partial charge in [0.15, 0.2) is 5.78 Å². The van der Waals surface area contributed by atoms with Crippen molar-refractivity contribution >= 4 is 5.78 Å². The second-order valence-corrected chi connectivity index (χ2v) is 4.69. The Kier molecular flexibility index (Phi) is 2.69. The van der Waals surface area contributed by atoms with Crippen molar-refractivity contribution in [3.8, 4) is 5.69 Å². The lowest BCUT2D eigenvalue weighted by molar-refractivity contribution is 0.0971. The van der Waals surface area contributed by atoms with Crippen LogP contribution >= 0.6 is 0 Å². The van der Waals surface area contributed by atoms with Crippen molar-refractivity contribution in [2.75, 3.05) is 0 Å². The van der Waals surface area contributed by atoms with E-state index in [1.54, 1.807) is 6.92 Å². The lowest BCUT2D eigenvalue weighted by Crippen LogP contribution is -2.13. The zero-order valence-corrected chi connectivity index (χ0v) is 10.4. The monoisotopic (exact) mass is 262 g/mol. The van der Waals surface area contributed by atoms with Crippen molar-refractivity contribution in [2.24, 2.45) is 0 Å². The molecule has 1 aromatic carbocycles. The molecule has 3 nitrogen and oxygen atoms in total. The molecule has 98 valence electrons. The third-order valence-electron chi connectivity index (χ3n) is 3.39. The number of fused-ring (bicyclic) bond motifs is 1. The molecule has 5 heteroatoms. The molecule has 1 aliphatic carbocycles. The molecule has 19 heavy (non-hydrogen) atoms. The highest BCUT2D eigenvalue weighted by molar-refractivity contribution is 5.99. The lowest BCUT2D eigenvalue weighted by Gasteiger charge is -2.13. The van der Waals surface area contributed by atoms with E-state index in [9.17, 15) is 13.6 Å². The SMILES string of the molecule is Cc1nn(-c2cc(F)ccc2F)c2c1C(=O)CCC2. The quantitative estimate of drug-likeness (QED) is 0.792. The van der Waals surface area contributed by atoms with E-state index in [-0.39, 0.29) is 11.5 Å². The number of hydrogen-bond acceptors (Lipinski definition) is 2. The highest BCUT2D eigenvalue weighted by atomic mass is 19.1. The Morgan fingerprint density at radius 3 is 2.84 bits per heavy atom. The van der Waals surface area contributed by atoms with Crippen LogP contribution in [0.15, 0.2) is 18.2 Å². The second kappa shape index (κ2) is 4.26. The van der Waals surface area contributed by atoms with Gasteiger partial charge >= 0.3 is 0 Å². The number of aryl methyl sites for hydroxylation is 1. The summed E-state index contributed by atoms with van der Waals surface area (Å²) in [5.74, 6) is -1.05. The summed E-state index contributed by atoms with van der Waals surface area (Å²) >= 11 is 0. The standard InChI is InChI=1S/C14H12F2N2O/c1-8-14-11(3-2-4-13(14)19)18(17-8)12-7-9(15)5-6-10(12)16/h5-7H,2-4H2,1H3. The highest BCUT2D eigenvalue weighted by Crippen LogP contribution is 2.27. The first-order chi connectivity index (χ1) is 9.08. The molecule has 2 aromatic rings. The number of carbonyl (C=O) groups excluding carboxylic acids is 1. The Balaban J connectivity index is 2.24.